The molecule has 0 unspecified atom stereocenters. The molecule has 1 amide bonds. The molecule has 12 nitrogen and oxygen atoms in total. The van der Waals surface area contributed by atoms with Gasteiger partial charge in [-0.3, -0.25) is 10.0 Å². The van der Waals surface area contributed by atoms with Gasteiger partial charge in [0.2, 0.25) is 0 Å². The summed E-state index contributed by atoms with van der Waals surface area (Å²) in [6.07, 6.45) is 0.823. The van der Waals surface area contributed by atoms with Crippen LogP contribution in [0.1, 0.15) is 6.92 Å². The highest BCUT2D eigenvalue weighted by atomic mass is 32.2. The summed E-state index contributed by atoms with van der Waals surface area (Å²) in [5.74, 6) is 0.262. The van der Waals surface area contributed by atoms with E-state index in [4.69, 9.17) is 13.9 Å². The van der Waals surface area contributed by atoms with Gasteiger partial charge < -0.3 is 13.9 Å². The molecule has 3 aromatic carbocycles. The number of nitrogens with one attached hydrogen (secondary N) is 2. The number of nitrogens with zero attached hydrogens (tertiary/aromatic N) is 4. The normalized spacial score (nSPS) is 11.5. The molecule has 0 spiro atoms. The minimum Gasteiger partial charge on any atom is -0.494 e. The summed E-state index contributed by atoms with van der Waals surface area (Å²) in [5.41, 5.74) is 2.40. The number of furan rings is 1. The summed E-state index contributed by atoms with van der Waals surface area (Å²) < 4.78 is 46.4. The predicted octanol–water partition coefficient (Wildman–Crippen LogP) is 3.94. The van der Waals surface area contributed by atoms with Gasteiger partial charge in [0.1, 0.15) is 23.2 Å². The number of rotatable bonds is 7. The number of hydrogen-bond acceptors (Lipinski definition) is 9. The van der Waals surface area contributed by atoms with E-state index in [1.165, 1.54) is 42.4 Å². The largest absolute Gasteiger partial charge is 0.494 e. The molecule has 0 bridgehead atoms. The maximum absolute atomic E-state index is 13.2. The molecule has 2 heterocycles. The Kier molecular flexibility index (Phi) is 5.90. The lowest BCUT2D eigenvalue weighted by Gasteiger charge is -2.13. The highest BCUT2D eigenvalue weighted by molar-refractivity contribution is 7.92. The number of carbonyl (C=O) groups is 1. The Balaban J connectivity index is 1.44. The van der Waals surface area contributed by atoms with E-state index in [9.17, 15) is 13.2 Å². The van der Waals surface area contributed by atoms with Crippen molar-refractivity contribution in [3.8, 4) is 11.4 Å². The Morgan fingerprint density at radius 2 is 1.92 bits per heavy atom. The van der Waals surface area contributed by atoms with Crippen LogP contribution in [0.3, 0.4) is 0 Å². The monoisotopic (exact) mass is 508 g/mol. The number of benzene rings is 3. The number of carbonyl (C=O) groups excluding carboxylic acids is 1. The maximum atomic E-state index is 13.2. The molecule has 0 fully saturated rings. The third-order valence-corrected chi connectivity index (χ3v) is 6.70. The van der Waals surface area contributed by atoms with E-state index >= 15 is 0 Å². The Bertz CT molecular complexity index is 1680. The number of fused-ring (bicyclic) bond motifs is 3. The molecule has 0 aliphatic heterocycles. The Labute approximate surface area is 204 Å². The maximum Gasteiger partial charge on any atom is 0.411 e. The van der Waals surface area contributed by atoms with Crippen LogP contribution in [-0.4, -0.2) is 48.4 Å². The second-order valence-electron chi connectivity index (χ2n) is 7.56. The van der Waals surface area contributed by atoms with Gasteiger partial charge in [-0.2, -0.15) is 0 Å². The lowest BCUT2D eigenvalue weighted by Crippen LogP contribution is -2.15. The minimum atomic E-state index is -3.95. The van der Waals surface area contributed by atoms with Crippen LogP contribution >= 0.6 is 0 Å². The number of tetrazole rings is 1. The molecule has 184 valence electrons. The van der Waals surface area contributed by atoms with Crippen LogP contribution in [0.4, 0.5) is 16.2 Å². The number of aromatic nitrogens is 4. The first-order valence-corrected chi connectivity index (χ1v) is 12.2. The summed E-state index contributed by atoms with van der Waals surface area (Å²) in [5, 5.41) is 15.0. The van der Waals surface area contributed by atoms with Crippen LogP contribution in [0.15, 0.2) is 70.2 Å². The van der Waals surface area contributed by atoms with Gasteiger partial charge in [-0.05, 0) is 59.8 Å². The first kappa shape index (κ1) is 23.1. The number of ether oxygens (including phenoxy) is 2. The fourth-order valence-corrected chi connectivity index (χ4v) is 4.76. The first-order chi connectivity index (χ1) is 17.4. The van der Waals surface area contributed by atoms with E-state index in [1.807, 2.05) is 12.1 Å². The van der Waals surface area contributed by atoms with E-state index in [-0.39, 0.29) is 22.9 Å². The number of sulfonamides is 1. The molecule has 13 heteroatoms. The highest BCUT2D eigenvalue weighted by Crippen LogP contribution is 2.33. The van der Waals surface area contributed by atoms with Gasteiger partial charge >= 0.3 is 6.09 Å². The summed E-state index contributed by atoms with van der Waals surface area (Å²) >= 11 is 0. The van der Waals surface area contributed by atoms with E-state index in [0.29, 0.717) is 27.9 Å². The van der Waals surface area contributed by atoms with Gasteiger partial charge in [0.05, 0.1) is 35.7 Å². The van der Waals surface area contributed by atoms with Crippen molar-refractivity contribution in [3.05, 3.63) is 60.9 Å². The molecular formula is C23H20N6O6S. The summed E-state index contributed by atoms with van der Waals surface area (Å²) in [4.78, 5) is 11.8. The van der Waals surface area contributed by atoms with Gasteiger partial charge in [0.25, 0.3) is 10.0 Å². The Morgan fingerprint density at radius 3 is 2.67 bits per heavy atom. The van der Waals surface area contributed by atoms with Crippen molar-refractivity contribution in [1.29, 1.82) is 0 Å². The molecule has 36 heavy (non-hydrogen) atoms. The highest BCUT2D eigenvalue weighted by Gasteiger charge is 2.19. The molecule has 0 aliphatic carbocycles. The van der Waals surface area contributed by atoms with Crippen molar-refractivity contribution in [2.24, 2.45) is 0 Å². The fourth-order valence-electron chi connectivity index (χ4n) is 3.68. The van der Waals surface area contributed by atoms with Crippen LogP contribution in [-0.2, 0) is 14.8 Å². The third-order valence-electron chi connectivity index (χ3n) is 5.32. The van der Waals surface area contributed by atoms with E-state index in [2.05, 4.69) is 25.6 Å². The average molecular weight is 509 g/mol. The van der Waals surface area contributed by atoms with Crippen LogP contribution in [0, 0.1) is 0 Å². The topological polar surface area (TPSA) is 150 Å². The first-order valence-electron chi connectivity index (χ1n) is 10.7. The standard InChI is InChI=1S/C23H20N6O6S/c1-3-34-23(30)25-19-8-4-14(10-22(19)33-2)26-36(31,32)16-6-9-20-18(12-16)17-7-5-15(11-21(17)35-20)29-13-24-27-28-29/h4-13,26H,3H2,1-2H3,(H,25,30). The third kappa shape index (κ3) is 4.38. The lowest BCUT2D eigenvalue weighted by atomic mass is 10.1. The van der Waals surface area contributed by atoms with Crippen LogP contribution < -0.4 is 14.8 Å². The van der Waals surface area contributed by atoms with Crippen molar-refractivity contribution in [3.63, 3.8) is 0 Å². The molecule has 5 rings (SSSR count). The van der Waals surface area contributed by atoms with Crippen molar-refractivity contribution in [2.75, 3.05) is 23.8 Å². The van der Waals surface area contributed by atoms with Crippen molar-refractivity contribution >= 4 is 49.4 Å². The molecule has 0 aliphatic rings. The molecular weight excluding hydrogens is 488 g/mol. The van der Waals surface area contributed by atoms with E-state index in [1.54, 1.807) is 25.1 Å². The van der Waals surface area contributed by atoms with Gasteiger partial charge in [-0.1, -0.05) is 0 Å². The van der Waals surface area contributed by atoms with Gasteiger partial charge in [-0.25, -0.2) is 17.9 Å². The zero-order valence-corrected chi connectivity index (χ0v) is 19.9. The summed E-state index contributed by atoms with van der Waals surface area (Å²) in [7, 11) is -2.54. The van der Waals surface area contributed by atoms with Crippen LogP contribution in [0.25, 0.3) is 27.6 Å². The molecule has 0 saturated heterocycles. The summed E-state index contributed by atoms with van der Waals surface area (Å²) in [6, 6.07) is 14.5. The van der Waals surface area contributed by atoms with Crippen LogP contribution in [0.2, 0.25) is 0 Å². The second kappa shape index (κ2) is 9.19. The Morgan fingerprint density at radius 1 is 1.06 bits per heavy atom. The number of hydrogen-bond donors (Lipinski definition) is 2. The molecule has 0 radical (unpaired) electrons. The van der Waals surface area contributed by atoms with E-state index < -0.39 is 16.1 Å². The average Bonchev–Trinajstić information content (AvgIpc) is 3.52. The van der Waals surface area contributed by atoms with Crippen molar-refractivity contribution in [1.82, 2.24) is 20.2 Å². The molecule has 0 atom stereocenters. The number of methoxy groups -OCH3 is 1. The van der Waals surface area contributed by atoms with Gasteiger partial charge in [0.15, 0.2) is 0 Å². The number of anilines is 2. The quantitative estimate of drug-likeness (QED) is 0.333. The summed E-state index contributed by atoms with van der Waals surface area (Å²) in [6.45, 7) is 1.90. The second-order valence-corrected chi connectivity index (χ2v) is 9.24. The fraction of sp³-hybridized carbons (Fsp3) is 0.130. The van der Waals surface area contributed by atoms with Crippen molar-refractivity contribution < 1.29 is 27.1 Å². The van der Waals surface area contributed by atoms with Crippen LogP contribution in [0.5, 0.6) is 5.75 Å². The van der Waals surface area contributed by atoms with Gasteiger partial charge in [-0.15, -0.1) is 5.10 Å². The Hall–Kier alpha value is -4.65. The van der Waals surface area contributed by atoms with Gasteiger partial charge in [0, 0.05) is 22.9 Å². The lowest BCUT2D eigenvalue weighted by molar-refractivity contribution is 0.168. The molecule has 2 N–H and O–H groups in total. The SMILES string of the molecule is CCOC(=O)Nc1ccc(NS(=O)(=O)c2ccc3oc4cc(-n5cnnn5)ccc4c3c2)cc1OC. The molecule has 5 aromatic rings. The smallest absolute Gasteiger partial charge is 0.411 e. The minimum absolute atomic E-state index is 0.0509. The molecule has 0 saturated carbocycles. The van der Waals surface area contributed by atoms with Crippen molar-refractivity contribution in [2.45, 2.75) is 11.8 Å². The zero-order valence-electron chi connectivity index (χ0n) is 19.1. The predicted molar refractivity (Wildman–Crippen MR) is 131 cm³/mol. The zero-order chi connectivity index (χ0) is 25.3. The number of amides is 1. The molecule has 2 aromatic heterocycles. The van der Waals surface area contributed by atoms with E-state index in [0.717, 1.165) is 5.39 Å².